The molecule has 0 aliphatic carbocycles. The molecule has 1 aromatic rings. The third-order valence-electron chi connectivity index (χ3n) is 2.49. The van der Waals surface area contributed by atoms with Gasteiger partial charge in [0.1, 0.15) is 11.6 Å². The van der Waals surface area contributed by atoms with E-state index in [1.807, 2.05) is 0 Å². The average Bonchev–Trinajstić information content (AvgIpc) is 2.79. The molecule has 1 aliphatic heterocycles. The molecule has 92 valence electrons. The fraction of sp³-hybridized carbons (Fsp3) is 0.364. The third-order valence-corrected chi connectivity index (χ3v) is 4.47. The van der Waals surface area contributed by atoms with E-state index >= 15 is 0 Å². The van der Waals surface area contributed by atoms with Crippen molar-refractivity contribution in [2.24, 2.45) is 0 Å². The van der Waals surface area contributed by atoms with Gasteiger partial charge in [-0.2, -0.15) is 0 Å². The van der Waals surface area contributed by atoms with E-state index in [0.29, 0.717) is 0 Å². The molecule has 1 saturated heterocycles. The van der Waals surface area contributed by atoms with Crippen LogP contribution in [-0.4, -0.2) is 16.9 Å². The third kappa shape index (κ3) is 2.98. The number of thioether (sulfide) groups is 1. The summed E-state index contributed by atoms with van der Waals surface area (Å²) in [6, 6.07) is 1.99. The van der Waals surface area contributed by atoms with Gasteiger partial charge in [0, 0.05) is 6.07 Å². The summed E-state index contributed by atoms with van der Waals surface area (Å²) < 4.78 is 26.7. The van der Waals surface area contributed by atoms with Gasteiger partial charge in [0.15, 0.2) is 0 Å². The van der Waals surface area contributed by atoms with Crippen molar-refractivity contribution in [3.05, 3.63) is 28.2 Å². The van der Waals surface area contributed by atoms with Crippen LogP contribution in [0.4, 0.5) is 14.5 Å². The first-order chi connectivity index (χ1) is 8.08. The second-order valence-corrected chi connectivity index (χ2v) is 5.90. The zero-order valence-corrected chi connectivity index (χ0v) is 11.2. The molecule has 0 bridgehead atoms. The molecule has 0 spiro atoms. The van der Waals surface area contributed by atoms with Gasteiger partial charge in [-0.1, -0.05) is 0 Å². The molecule has 1 amide bonds. The molecular formula is C11H10BrF2NOS. The molecule has 1 unspecified atom stereocenters. The van der Waals surface area contributed by atoms with Crippen molar-refractivity contribution in [1.82, 2.24) is 0 Å². The Balaban J connectivity index is 2.12. The second-order valence-electron chi connectivity index (χ2n) is 3.74. The largest absolute Gasteiger partial charge is 0.323 e. The van der Waals surface area contributed by atoms with E-state index in [1.54, 1.807) is 11.8 Å². The topological polar surface area (TPSA) is 29.1 Å². The normalized spacial score (nSPS) is 19.4. The van der Waals surface area contributed by atoms with E-state index in [9.17, 15) is 13.6 Å². The van der Waals surface area contributed by atoms with Crippen LogP contribution in [0.2, 0.25) is 0 Å². The van der Waals surface area contributed by atoms with Gasteiger partial charge in [-0.25, -0.2) is 8.78 Å². The van der Waals surface area contributed by atoms with Crippen LogP contribution in [0.15, 0.2) is 16.6 Å². The molecular weight excluding hydrogens is 312 g/mol. The van der Waals surface area contributed by atoms with Crippen LogP contribution in [0.3, 0.4) is 0 Å². The first kappa shape index (κ1) is 12.8. The first-order valence-corrected chi connectivity index (χ1v) is 6.99. The summed E-state index contributed by atoms with van der Waals surface area (Å²) in [6.07, 6.45) is 1.77. The van der Waals surface area contributed by atoms with Crippen molar-refractivity contribution in [1.29, 1.82) is 0 Å². The van der Waals surface area contributed by atoms with E-state index < -0.39 is 11.6 Å². The number of nitrogens with one attached hydrogen (secondary N) is 1. The van der Waals surface area contributed by atoms with Crippen LogP contribution in [0.25, 0.3) is 0 Å². The average molecular weight is 322 g/mol. The molecule has 17 heavy (non-hydrogen) atoms. The molecule has 0 saturated carbocycles. The summed E-state index contributed by atoms with van der Waals surface area (Å²) in [5.74, 6) is -0.557. The van der Waals surface area contributed by atoms with E-state index in [4.69, 9.17) is 0 Å². The predicted molar refractivity (Wildman–Crippen MR) is 68.2 cm³/mol. The standard InChI is InChI=1S/C11H10BrF2NOS/c12-6-4-8(14)9(5-7(6)13)15-11(16)10-2-1-3-17-10/h4-5,10H,1-3H2,(H,15,16). The van der Waals surface area contributed by atoms with Crippen LogP contribution < -0.4 is 5.32 Å². The van der Waals surface area contributed by atoms with Crippen molar-refractivity contribution < 1.29 is 13.6 Å². The van der Waals surface area contributed by atoms with Crippen LogP contribution in [0.5, 0.6) is 0 Å². The lowest BCUT2D eigenvalue weighted by atomic mass is 10.2. The van der Waals surface area contributed by atoms with Gasteiger partial charge in [-0.15, -0.1) is 11.8 Å². The first-order valence-electron chi connectivity index (χ1n) is 5.15. The smallest absolute Gasteiger partial charge is 0.237 e. The molecule has 1 aliphatic rings. The van der Waals surface area contributed by atoms with Gasteiger partial charge in [-0.05, 0) is 40.6 Å². The summed E-state index contributed by atoms with van der Waals surface area (Å²) >= 11 is 4.43. The minimum atomic E-state index is -0.644. The maximum absolute atomic E-state index is 13.5. The zero-order chi connectivity index (χ0) is 12.4. The van der Waals surface area contributed by atoms with Crippen molar-refractivity contribution in [3.8, 4) is 0 Å². The van der Waals surface area contributed by atoms with Gasteiger partial charge in [0.2, 0.25) is 5.91 Å². The van der Waals surface area contributed by atoms with Crippen LogP contribution in [-0.2, 0) is 4.79 Å². The Bertz CT molecular complexity index is 449. The molecule has 1 N–H and O–H groups in total. The number of carbonyl (C=O) groups is 1. The SMILES string of the molecule is O=C(Nc1cc(F)c(Br)cc1F)C1CCCS1. The Morgan fingerprint density at radius 3 is 2.82 bits per heavy atom. The quantitative estimate of drug-likeness (QED) is 0.844. The second kappa shape index (κ2) is 5.35. The van der Waals surface area contributed by atoms with E-state index in [2.05, 4.69) is 21.2 Å². The highest BCUT2D eigenvalue weighted by Crippen LogP contribution is 2.28. The lowest BCUT2D eigenvalue weighted by Crippen LogP contribution is -2.23. The maximum atomic E-state index is 13.5. The number of carbonyl (C=O) groups excluding carboxylic acids is 1. The number of hydrogen-bond acceptors (Lipinski definition) is 2. The lowest BCUT2D eigenvalue weighted by molar-refractivity contribution is -0.115. The van der Waals surface area contributed by atoms with Crippen molar-refractivity contribution in [3.63, 3.8) is 0 Å². The number of hydrogen-bond donors (Lipinski definition) is 1. The van der Waals surface area contributed by atoms with Crippen molar-refractivity contribution in [2.75, 3.05) is 11.1 Å². The highest BCUT2D eigenvalue weighted by atomic mass is 79.9. The van der Waals surface area contributed by atoms with Gasteiger partial charge in [-0.3, -0.25) is 4.79 Å². The van der Waals surface area contributed by atoms with Crippen molar-refractivity contribution >= 4 is 39.3 Å². The van der Waals surface area contributed by atoms with E-state index in [0.717, 1.165) is 30.7 Å². The molecule has 0 aromatic heterocycles. The lowest BCUT2D eigenvalue weighted by Gasteiger charge is -2.11. The Hall–Kier alpha value is -0.620. The molecule has 6 heteroatoms. The predicted octanol–water partition coefficient (Wildman–Crippen LogP) is 3.56. The summed E-state index contributed by atoms with van der Waals surface area (Å²) in [5, 5.41) is 2.27. The molecule has 1 fully saturated rings. The summed E-state index contributed by atoms with van der Waals surface area (Å²) in [6.45, 7) is 0. The number of anilines is 1. The molecule has 2 nitrogen and oxygen atoms in total. The molecule has 1 aromatic carbocycles. The molecule has 2 rings (SSSR count). The molecule has 1 heterocycles. The number of halogens is 3. The van der Waals surface area contributed by atoms with Crippen LogP contribution in [0.1, 0.15) is 12.8 Å². The summed E-state index contributed by atoms with van der Waals surface area (Å²) in [4.78, 5) is 11.7. The van der Waals surface area contributed by atoms with E-state index in [-0.39, 0.29) is 21.3 Å². The Morgan fingerprint density at radius 1 is 1.41 bits per heavy atom. The number of amides is 1. The maximum Gasteiger partial charge on any atom is 0.237 e. The minimum Gasteiger partial charge on any atom is -0.323 e. The number of benzene rings is 1. The van der Waals surface area contributed by atoms with Crippen molar-refractivity contribution in [2.45, 2.75) is 18.1 Å². The van der Waals surface area contributed by atoms with Crippen LogP contribution >= 0.6 is 27.7 Å². The summed E-state index contributed by atoms with van der Waals surface area (Å²) in [5.41, 5.74) is -0.108. The Morgan fingerprint density at radius 2 is 2.18 bits per heavy atom. The summed E-state index contributed by atoms with van der Waals surface area (Å²) in [7, 11) is 0. The Kier molecular flexibility index (Phi) is 4.04. The monoisotopic (exact) mass is 321 g/mol. The molecule has 1 atom stereocenters. The minimum absolute atomic E-state index is 0.0447. The highest BCUT2D eigenvalue weighted by molar-refractivity contribution is 9.10. The van der Waals surface area contributed by atoms with Crippen LogP contribution in [0, 0.1) is 11.6 Å². The highest BCUT2D eigenvalue weighted by Gasteiger charge is 2.24. The zero-order valence-electron chi connectivity index (χ0n) is 8.80. The fourth-order valence-electron chi connectivity index (χ4n) is 1.62. The Labute approximate surface area is 110 Å². The van der Waals surface area contributed by atoms with Gasteiger partial charge >= 0.3 is 0 Å². The fourth-order valence-corrected chi connectivity index (χ4v) is 3.09. The van der Waals surface area contributed by atoms with Gasteiger partial charge < -0.3 is 5.32 Å². The number of rotatable bonds is 2. The molecule has 0 radical (unpaired) electrons. The van der Waals surface area contributed by atoms with Gasteiger partial charge in [0.25, 0.3) is 0 Å². The van der Waals surface area contributed by atoms with Gasteiger partial charge in [0.05, 0.1) is 15.4 Å². The van der Waals surface area contributed by atoms with E-state index in [1.165, 1.54) is 0 Å².